The van der Waals surface area contributed by atoms with E-state index in [1.807, 2.05) is 0 Å². The molecule has 0 unspecified atom stereocenters. The van der Waals surface area contributed by atoms with E-state index in [0.29, 0.717) is 0 Å². The average molecular weight is 144 g/mol. The fourth-order valence-corrected chi connectivity index (χ4v) is 1.52. The highest BCUT2D eigenvalue weighted by Crippen LogP contribution is 2.28. The van der Waals surface area contributed by atoms with Crippen molar-refractivity contribution in [3.8, 4) is 0 Å². The lowest BCUT2D eigenvalue weighted by Gasteiger charge is -2.01. The van der Waals surface area contributed by atoms with E-state index in [2.05, 4.69) is 37.3 Å². The lowest BCUT2D eigenvalue weighted by Crippen LogP contribution is -1.82. The van der Waals surface area contributed by atoms with Gasteiger partial charge < -0.3 is 0 Å². The molecule has 0 saturated heterocycles. The maximum atomic E-state index is 2.29. The van der Waals surface area contributed by atoms with Crippen LogP contribution < -0.4 is 0 Å². The molecule has 2 aliphatic rings. The minimum Gasteiger partial charge on any atom is -0.0801 e. The van der Waals surface area contributed by atoms with E-state index in [9.17, 15) is 0 Å². The van der Waals surface area contributed by atoms with Crippen LogP contribution in [-0.4, -0.2) is 0 Å². The van der Waals surface area contributed by atoms with Gasteiger partial charge in [0, 0.05) is 0 Å². The first kappa shape index (κ1) is 6.66. The van der Waals surface area contributed by atoms with Gasteiger partial charge in [0.2, 0.25) is 0 Å². The van der Waals surface area contributed by atoms with Crippen molar-refractivity contribution in [2.45, 2.75) is 19.8 Å². The molecule has 0 fully saturated rings. The van der Waals surface area contributed by atoms with Crippen LogP contribution in [-0.2, 0) is 0 Å². The fourth-order valence-electron chi connectivity index (χ4n) is 1.52. The van der Waals surface area contributed by atoms with Gasteiger partial charge in [-0.3, -0.25) is 0 Å². The van der Waals surface area contributed by atoms with Gasteiger partial charge in [0.25, 0.3) is 0 Å². The van der Waals surface area contributed by atoms with Gasteiger partial charge in [0.1, 0.15) is 0 Å². The summed E-state index contributed by atoms with van der Waals surface area (Å²) in [6.45, 7) is 2.20. The molecule has 2 aliphatic carbocycles. The Labute approximate surface area is 67.6 Å². The van der Waals surface area contributed by atoms with Gasteiger partial charge in [0.15, 0.2) is 0 Å². The molecule has 0 saturated carbocycles. The number of rotatable bonds is 1. The van der Waals surface area contributed by atoms with Crippen LogP contribution in [0, 0.1) is 0 Å². The summed E-state index contributed by atoms with van der Waals surface area (Å²) < 4.78 is 0. The van der Waals surface area contributed by atoms with Crippen LogP contribution in [0.2, 0.25) is 0 Å². The molecule has 56 valence electrons. The zero-order chi connectivity index (χ0) is 7.68. The second-order valence-corrected chi connectivity index (χ2v) is 2.97. The Kier molecular flexibility index (Phi) is 1.54. The average Bonchev–Trinajstić information content (AvgIpc) is 2.46. The van der Waals surface area contributed by atoms with Crippen LogP contribution in [0.4, 0.5) is 0 Å². The first-order valence-electron chi connectivity index (χ1n) is 4.19. The number of hydrogen-bond acceptors (Lipinski definition) is 0. The highest BCUT2D eigenvalue weighted by Gasteiger charge is 2.09. The van der Waals surface area contributed by atoms with Crippen molar-refractivity contribution in [2.75, 3.05) is 0 Å². The van der Waals surface area contributed by atoms with E-state index in [1.165, 1.54) is 16.7 Å². The fraction of sp³-hybridized carbons (Fsp3) is 0.273. The number of allylic oxidation sites excluding steroid dienone is 8. The second kappa shape index (κ2) is 2.54. The molecular weight excluding hydrogens is 132 g/mol. The lowest BCUT2D eigenvalue weighted by molar-refractivity contribution is 1.16. The molecule has 0 heterocycles. The van der Waals surface area contributed by atoms with Crippen LogP contribution in [0.25, 0.3) is 0 Å². The Morgan fingerprint density at radius 3 is 2.91 bits per heavy atom. The van der Waals surface area contributed by atoms with E-state index in [4.69, 9.17) is 0 Å². The molecule has 0 aliphatic heterocycles. The SMILES string of the molecule is CCC1=CC2=CCC=CC2=C1. The maximum Gasteiger partial charge on any atom is -0.0157 e. The molecule has 0 aromatic heterocycles. The van der Waals surface area contributed by atoms with Gasteiger partial charge in [-0.2, -0.15) is 0 Å². The van der Waals surface area contributed by atoms with Crippen molar-refractivity contribution in [2.24, 2.45) is 0 Å². The predicted molar refractivity (Wildman–Crippen MR) is 48.3 cm³/mol. The van der Waals surface area contributed by atoms with E-state index >= 15 is 0 Å². The van der Waals surface area contributed by atoms with Gasteiger partial charge in [0.05, 0.1) is 0 Å². The van der Waals surface area contributed by atoms with Crippen LogP contribution in [0.3, 0.4) is 0 Å². The molecule has 0 atom stereocenters. The van der Waals surface area contributed by atoms with Crippen molar-refractivity contribution in [3.05, 3.63) is 47.1 Å². The highest BCUT2D eigenvalue weighted by molar-refractivity contribution is 5.58. The Bertz CT molecular complexity index is 285. The van der Waals surface area contributed by atoms with Gasteiger partial charge in [-0.25, -0.2) is 0 Å². The number of hydrogen-bond donors (Lipinski definition) is 0. The Hall–Kier alpha value is -1.04. The minimum atomic E-state index is 1.10. The molecular formula is C11H12. The molecule has 0 N–H and O–H groups in total. The van der Waals surface area contributed by atoms with Crippen molar-refractivity contribution >= 4 is 0 Å². The van der Waals surface area contributed by atoms with E-state index < -0.39 is 0 Å². The zero-order valence-electron chi connectivity index (χ0n) is 6.80. The first-order chi connectivity index (χ1) is 5.40. The number of fused-ring (bicyclic) bond motifs is 1. The molecule has 0 nitrogen and oxygen atoms in total. The summed E-state index contributed by atoms with van der Waals surface area (Å²) in [5.41, 5.74) is 4.27. The minimum absolute atomic E-state index is 1.10. The van der Waals surface area contributed by atoms with Gasteiger partial charge >= 0.3 is 0 Å². The van der Waals surface area contributed by atoms with E-state index in [1.54, 1.807) is 0 Å². The molecule has 0 amide bonds. The van der Waals surface area contributed by atoms with E-state index in [-0.39, 0.29) is 0 Å². The molecule has 0 spiro atoms. The summed E-state index contributed by atoms with van der Waals surface area (Å²) in [5, 5.41) is 0. The topological polar surface area (TPSA) is 0 Å². The Balaban J connectivity index is 2.35. The summed E-state index contributed by atoms with van der Waals surface area (Å²) in [7, 11) is 0. The summed E-state index contributed by atoms with van der Waals surface area (Å²) in [6.07, 6.45) is 13.5. The molecule has 0 heteroatoms. The molecule has 0 radical (unpaired) electrons. The largest absolute Gasteiger partial charge is 0.0801 e. The van der Waals surface area contributed by atoms with Crippen molar-refractivity contribution in [1.82, 2.24) is 0 Å². The normalized spacial score (nSPS) is 20.6. The molecule has 0 aromatic rings. The Morgan fingerprint density at radius 2 is 2.18 bits per heavy atom. The first-order valence-corrected chi connectivity index (χ1v) is 4.19. The standard InChI is InChI=1S/C11H12/c1-2-9-7-10-5-3-4-6-11(10)8-9/h3,5-8H,2,4H2,1H3. The van der Waals surface area contributed by atoms with Crippen molar-refractivity contribution in [1.29, 1.82) is 0 Å². The summed E-state index contributed by atoms with van der Waals surface area (Å²) in [6, 6.07) is 0. The van der Waals surface area contributed by atoms with Gasteiger partial charge in [-0.05, 0) is 29.6 Å². The van der Waals surface area contributed by atoms with Gasteiger partial charge in [-0.15, -0.1) is 0 Å². The van der Waals surface area contributed by atoms with Crippen LogP contribution >= 0.6 is 0 Å². The Morgan fingerprint density at radius 1 is 1.27 bits per heavy atom. The molecule has 11 heavy (non-hydrogen) atoms. The quantitative estimate of drug-likeness (QED) is 0.530. The predicted octanol–water partition coefficient (Wildman–Crippen LogP) is 3.15. The van der Waals surface area contributed by atoms with E-state index in [0.717, 1.165) is 12.8 Å². The van der Waals surface area contributed by atoms with Crippen LogP contribution in [0.1, 0.15) is 19.8 Å². The molecule has 0 aromatic carbocycles. The van der Waals surface area contributed by atoms with Crippen molar-refractivity contribution < 1.29 is 0 Å². The van der Waals surface area contributed by atoms with Crippen molar-refractivity contribution in [3.63, 3.8) is 0 Å². The summed E-state index contributed by atoms with van der Waals surface area (Å²) in [5.74, 6) is 0. The summed E-state index contributed by atoms with van der Waals surface area (Å²) in [4.78, 5) is 0. The third kappa shape index (κ3) is 1.09. The summed E-state index contributed by atoms with van der Waals surface area (Å²) >= 11 is 0. The zero-order valence-corrected chi connectivity index (χ0v) is 6.80. The van der Waals surface area contributed by atoms with Crippen LogP contribution in [0.15, 0.2) is 47.1 Å². The van der Waals surface area contributed by atoms with Crippen LogP contribution in [0.5, 0.6) is 0 Å². The smallest absolute Gasteiger partial charge is 0.0157 e. The maximum absolute atomic E-state index is 2.29. The highest BCUT2D eigenvalue weighted by atomic mass is 14.1. The third-order valence-electron chi connectivity index (χ3n) is 2.19. The molecule has 0 bridgehead atoms. The monoisotopic (exact) mass is 144 g/mol. The third-order valence-corrected chi connectivity index (χ3v) is 2.19. The lowest BCUT2D eigenvalue weighted by atomic mass is 10.0. The second-order valence-electron chi connectivity index (χ2n) is 2.97. The molecule has 2 rings (SSSR count). The van der Waals surface area contributed by atoms with Gasteiger partial charge in [-0.1, -0.05) is 37.3 Å².